The summed E-state index contributed by atoms with van der Waals surface area (Å²) < 4.78 is 0. The van der Waals surface area contributed by atoms with Crippen LogP contribution in [0, 0.1) is 5.92 Å². The van der Waals surface area contributed by atoms with E-state index in [0.29, 0.717) is 11.5 Å². The molecular weight excluding hydrogens is 238 g/mol. The van der Waals surface area contributed by atoms with Crippen LogP contribution in [0.25, 0.3) is 11.3 Å². The zero-order chi connectivity index (χ0) is 13.7. The van der Waals surface area contributed by atoms with E-state index in [-0.39, 0.29) is 0 Å². The molecule has 0 spiro atoms. The Bertz CT molecular complexity index is 567. The number of hydrogen-bond acceptors (Lipinski definition) is 4. The third kappa shape index (κ3) is 3.37. The number of aldehydes is 1. The summed E-state index contributed by atoms with van der Waals surface area (Å²) in [7, 11) is 0. The third-order valence-electron chi connectivity index (χ3n) is 2.67. The van der Waals surface area contributed by atoms with Gasteiger partial charge >= 0.3 is 0 Å². The van der Waals surface area contributed by atoms with E-state index >= 15 is 0 Å². The van der Waals surface area contributed by atoms with Gasteiger partial charge in [0.2, 0.25) is 0 Å². The molecule has 1 heterocycles. The number of benzene rings is 1. The number of nitrogens with one attached hydrogen (secondary N) is 1. The van der Waals surface area contributed by atoms with Gasteiger partial charge in [-0.1, -0.05) is 32.0 Å². The molecule has 0 aliphatic rings. The summed E-state index contributed by atoms with van der Waals surface area (Å²) in [5, 5.41) is 3.29. The van der Waals surface area contributed by atoms with E-state index in [4.69, 9.17) is 0 Å². The van der Waals surface area contributed by atoms with Crippen molar-refractivity contribution in [3.8, 4) is 11.3 Å². The number of carbonyl (C=O) groups is 1. The summed E-state index contributed by atoms with van der Waals surface area (Å²) in [6, 6.07) is 7.36. The molecule has 0 amide bonds. The van der Waals surface area contributed by atoms with E-state index in [2.05, 4.69) is 29.1 Å². The first-order valence-corrected chi connectivity index (χ1v) is 6.31. The number of nitrogens with zero attached hydrogens (tertiary/aromatic N) is 2. The summed E-state index contributed by atoms with van der Waals surface area (Å²) >= 11 is 0. The molecule has 4 heteroatoms. The fourth-order valence-corrected chi connectivity index (χ4v) is 1.74. The fraction of sp³-hybridized carbons (Fsp3) is 0.267. The minimum absolute atomic E-state index is 0.524. The van der Waals surface area contributed by atoms with Gasteiger partial charge in [0.15, 0.2) is 5.82 Å². The van der Waals surface area contributed by atoms with Crippen LogP contribution in [0.4, 0.5) is 5.82 Å². The van der Waals surface area contributed by atoms with Gasteiger partial charge in [-0.05, 0) is 12.0 Å². The van der Waals surface area contributed by atoms with Crippen LogP contribution in [0.2, 0.25) is 0 Å². The van der Waals surface area contributed by atoms with Gasteiger partial charge in [0, 0.05) is 30.1 Å². The van der Waals surface area contributed by atoms with Crippen LogP contribution in [0.3, 0.4) is 0 Å². The molecule has 0 unspecified atom stereocenters. The number of aromatic nitrogens is 2. The predicted octanol–water partition coefficient (Wildman–Crippen LogP) is 3.02. The van der Waals surface area contributed by atoms with Gasteiger partial charge in [-0.15, -0.1) is 0 Å². The Labute approximate surface area is 112 Å². The first-order chi connectivity index (χ1) is 9.20. The third-order valence-corrected chi connectivity index (χ3v) is 2.67. The van der Waals surface area contributed by atoms with Crippen molar-refractivity contribution >= 4 is 12.1 Å². The van der Waals surface area contributed by atoms with E-state index in [1.165, 1.54) is 0 Å². The molecule has 0 saturated carbocycles. The highest BCUT2D eigenvalue weighted by molar-refractivity contribution is 5.80. The predicted molar refractivity (Wildman–Crippen MR) is 76.2 cm³/mol. The van der Waals surface area contributed by atoms with Crippen molar-refractivity contribution in [3.63, 3.8) is 0 Å². The van der Waals surface area contributed by atoms with Crippen LogP contribution in [-0.2, 0) is 0 Å². The van der Waals surface area contributed by atoms with Crippen molar-refractivity contribution in [1.82, 2.24) is 9.97 Å². The number of hydrogen-bond donors (Lipinski definition) is 1. The van der Waals surface area contributed by atoms with Crippen LogP contribution in [0.15, 0.2) is 36.7 Å². The van der Waals surface area contributed by atoms with Gasteiger partial charge in [0.1, 0.15) is 12.0 Å². The van der Waals surface area contributed by atoms with Crippen molar-refractivity contribution in [3.05, 3.63) is 42.2 Å². The van der Waals surface area contributed by atoms with Crippen molar-refractivity contribution < 1.29 is 4.79 Å². The summed E-state index contributed by atoms with van der Waals surface area (Å²) in [6.45, 7) is 5.10. The lowest BCUT2D eigenvalue weighted by Gasteiger charge is -2.11. The highest BCUT2D eigenvalue weighted by atomic mass is 16.1. The van der Waals surface area contributed by atoms with E-state index < -0.39 is 0 Å². The van der Waals surface area contributed by atoms with Crippen LogP contribution < -0.4 is 5.32 Å². The molecule has 98 valence electrons. The average Bonchev–Trinajstić information content (AvgIpc) is 2.45. The molecule has 19 heavy (non-hydrogen) atoms. The molecule has 1 aromatic heterocycles. The van der Waals surface area contributed by atoms with Gasteiger partial charge in [-0.25, -0.2) is 4.98 Å². The summed E-state index contributed by atoms with van der Waals surface area (Å²) in [4.78, 5) is 19.5. The second-order valence-corrected chi connectivity index (χ2v) is 4.77. The molecule has 0 aliphatic heterocycles. The van der Waals surface area contributed by atoms with Crippen molar-refractivity contribution in [2.24, 2.45) is 5.92 Å². The molecular formula is C15H17N3O. The number of rotatable bonds is 5. The molecule has 2 aromatic rings. The minimum Gasteiger partial charge on any atom is -0.368 e. The number of carbonyl (C=O) groups excluding carboxylic acids is 1. The zero-order valence-corrected chi connectivity index (χ0v) is 11.1. The minimum atomic E-state index is 0.524. The molecule has 1 aromatic carbocycles. The average molecular weight is 255 g/mol. The Balaban J connectivity index is 2.35. The van der Waals surface area contributed by atoms with Crippen LogP contribution >= 0.6 is 0 Å². The summed E-state index contributed by atoms with van der Waals surface area (Å²) in [5.41, 5.74) is 2.30. The van der Waals surface area contributed by atoms with E-state index in [1.54, 1.807) is 18.5 Å². The quantitative estimate of drug-likeness (QED) is 0.834. The van der Waals surface area contributed by atoms with E-state index in [0.717, 1.165) is 29.9 Å². The topological polar surface area (TPSA) is 54.9 Å². The molecule has 0 atom stereocenters. The Kier molecular flexibility index (Phi) is 4.23. The molecule has 0 aliphatic carbocycles. The smallest absolute Gasteiger partial charge is 0.152 e. The summed E-state index contributed by atoms with van der Waals surface area (Å²) in [6.07, 6.45) is 4.15. The normalized spacial score (nSPS) is 10.5. The molecule has 0 bridgehead atoms. The Morgan fingerprint density at radius 1 is 1.26 bits per heavy atom. The van der Waals surface area contributed by atoms with Crippen LogP contribution in [0.1, 0.15) is 24.2 Å². The highest BCUT2D eigenvalue weighted by Gasteiger charge is 2.08. The molecule has 0 radical (unpaired) electrons. The molecule has 2 rings (SSSR count). The van der Waals surface area contributed by atoms with Gasteiger partial charge in [0.05, 0.1) is 0 Å². The molecule has 0 saturated heterocycles. The highest BCUT2D eigenvalue weighted by Crippen LogP contribution is 2.24. The largest absolute Gasteiger partial charge is 0.368 e. The van der Waals surface area contributed by atoms with Crippen molar-refractivity contribution in [1.29, 1.82) is 0 Å². The maximum atomic E-state index is 10.8. The lowest BCUT2D eigenvalue weighted by molar-refractivity contribution is 0.112. The van der Waals surface area contributed by atoms with Crippen molar-refractivity contribution in [2.45, 2.75) is 13.8 Å². The second kappa shape index (κ2) is 6.09. The fourth-order valence-electron chi connectivity index (χ4n) is 1.74. The zero-order valence-electron chi connectivity index (χ0n) is 11.1. The Morgan fingerprint density at radius 2 is 2.05 bits per heavy atom. The second-order valence-electron chi connectivity index (χ2n) is 4.77. The van der Waals surface area contributed by atoms with Crippen LogP contribution in [0.5, 0.6) is 0 Å². The molecule has 1 N–H and O–H groups in total. The standard InChI is InChI=1S/C15H17N3O/c1-11(2)9-18-15-14(16-6-7-17-15)13-5-3-4-12(8-13)10-19/h3-8,10-11H,9H2,1-2H3,(H,17,18). The lowest BCUT2D eigenvalue weighted by atomic mass is 10.1. The van der Waals surface area contributed by atoms with E-state index in [1.807, 2.05) is 18.2 Å². The lowest BCUT2D eigenvalue weighted by Crippen LogP contribution is -2.10. The van der Waals surface area contributed by atoms with Gasteiger partial charge in [-0.2, -0.15) is 0 Å². The molecule has 0 fully saturated rings. The first kappa shape index (κ1) is 13.2. The SMILES string of the molecule is CC(C)CNc1nccnc1-c1cccc(C=O)c1. The Morgan fingerprint density at radius 3 is 2.79 bits per heavy atom. The monoisotopic (exact) mass is 255 g/mol. The van der Waals surface area contributed by atoms with E-state index in [9.17, 15) is 4.79 Å². The molecule has 4 nitrogen and oxygen atoms in total. The van der Waals surface area contributed by atoms with Crippen molar-refractivity contribution in [2.75, 3.05) is 11.9 Å². The maximum Gasteiger partial charge on any atom is 0.152 e. The maximum absolute atomic E-state index is 10.8. The number of anilines is 1. The van der Waals surface area contributed by atoms with Crippen LogP contribution in [-0.4, -0.2) is 22.8 Å². The Hall–Kier alpha value is -2.23. The van der Waals surface area contributed by atoms with Gasteiger partial charge < -0.3 is 5.32 Å². The first-order valence-electron chi connectivity index (χ1n) is 6.31. The van der Waals surface area contributed by atoms with Gasteiger partial charge in [-0.3, -0.25) is 9.78 Å². The summed E-state index contributed by atoms with van der Waals surface area (Å²) in [5.74, 6) is 1.27. The van der Waals surface area contributed by atoms with Gasteiger partial charge in [0.25, 0.3) is 0 Å².